The summed E-state index contributed by atoms with van der Waals surface area (Å²) in [6.07, 6.45) is 3.05. The molecule has 0 aliphatic heterocycles. The van der Waals surface area contributed by atoms with E-state index in [9.17, 15) is 4.79 Å². The molecule has 1 N–H and O–H groups in total. The number of carboxylic acid groups (broad SMARTS) is 1. The fraction of sp³-hybridized carbons (Fsp3) is 0.273. The Morgan fingerprint density at radius 1 is 1.56 bits per heavy atom. The molecule has 0 saturated carbocycles. The van der Waals surface area contributed by atoms with E-state index in [1.165, 1.54) is 10.6 Å². The van der Waals surface area contributed by atoms with E-state index in [0.717, 1.165) is 0 Å². The largest absolute Gasteiger partial charge is 0.491 e. The van der Waals surface area contributed by atoms with Gasteiger partial charge in [0.15, 0.2) is 5.69 Å². The van der Waals surface area contributed by atoms with E-state index in [4.69, 9.17) is 9.84 Å². The lowest BCUT2D eigenvalue weighted by atomic mass is 10.4. The van der Waals surface area contributed by atoms with E-state index in [2.05, 4.69) is 4.98 Å². The number of carboxylic acids is 1. The minimum Gasteiger partial charge on any atom is -0.491 e. The summed E-state index contributed by atoms with van der Waals surface area (Å²) < 4.78 is 7.00. The van der Waals surface area contributed by atoms with Crippen LogP contribution >= 0.6 is 0 Å². The molecule has 84 valence electrons. The maximum Gasteiger partial charge on any atom is 0.354 e. The first-order chi connectivity index (χ1) is 7.58. The highest BCUT2D eigenvalue weighted by molar-refractivity contribution is 5.86. The zero-order valence-electron chi connectivity index (χ0n) is 9.04. The van der Waals surface area contributed by atoms with E-state index < -0.39 is 5.97 Å². The summed E-state index contributed by atoms with van der Waals surface area (Å²) in [4.78, 5) is 14.9. The Hall–Kier alpha value is -2.04. The third-order valence-electron chi connectivity index (χ3n) is 2.08. The highest BCUT2D eigenvalue weighted by atomic mass is 16.5. The minimum atomic E-state index is -0.995. The smallest absolute Gasteiger partial charge is 0.354 e. The monoisotopic (exact) mass is 220 g/mol. The van der Waals surface area contributed by atoms with Crippen LogP contribution in [0.3, 0.4) is 0 Å². The van der Waals surface area contributed by atoms with Crippen molar-refractivity contribution in [3.05, 3.63) is 30.2 Å². The van der Waals surface area contributed by atoms with Crippen LogP contribution in [0.15, 0.2) is 24.5 Å². The average Bonchev–Trinajstić information content (AvgIpc) is 2.59. The van der Waals surface area contributed by atoms with Crippen molar-refractivity contribution in [3.8, 4) is 5.75 Å². The van der Waals surface area contributed by atoms with Gasteiger partial charge in [0, 0.05) is 12.3 Å². The van der Waals surface area contributed by atoms with Gasteiger partial charge < -0.3 is 9.84 Å². The Morgan fingerprint density at radius 3 is 2.94 bits per heavy atom. The third kappa shape index (κ3) is 1.84. The van der Waals surface area contributed by atoms with Crippen molar-refractivity contribution in [1.82, 2.24) is 9.38 Å². The number of aromatic nitrogens is 2. The lowest BCUT2D eigenvalue weighted by molar-refractivity contribution is 0.0689. The summed E-state index contributed by atoms with van der Waals surface area (Å²) >= 11 is 0. The van der Waals surface area contributed by atoms with Crippen molar-refractivity contribution in [2.45, 2.75) is 20.0 Å². The number of pyridine rings is 1. The quantitative estimate of drug-likeness (QED) is 0.856. The zero-order valence-corrected chi connectivity index (χ0v) is 9.04. The fourth-order valence-corrected chi connectivity index (χ4v) is 1.47. The molecule has 2 aromatic heterocycles. The SMILES string of the molecule is CC(C)Oc1ccn2c(C(=O)O)cnc2c1. The molecule has 0 aromatic carbocycles. The topological polar surface area (TPSA) is 63.8 Å². The number of imidazole rings is 1. The number of ether oxygens (including phenoxy) is 1. The van der Waals surface area contributed by atoms with E-state index in [1.54, 1.807) is 18.3 Å². The Bertz CT molecular complexity index is 531. The van der Waals surface area contributed by atoms with E-state index >= 15 is 0 Å². The molecular weight excluding hydrogens is 208 g/mol. The summed E-state index contributed by atoms with van der Waals surface area (Å²) in [6.45, 7) is 3.86. The highest BCUT2D eigenvalue weighted by Gasteiger charge is 2.10. The van der Waals surface area contributed by atoms with Gasteiger partial charge in [-0.25, -0.2) is 9.78 Å². The van der Waals surface area contributed by atoms with Crippen LogP contribution in [0.2, 0.25) is 0 Å². The molecular formula is C11H12N2O3. The van der Waals surface area contributed by atoms with Crippen molar-refractivity contribution >= 4 is 11.6 Å². The van der Waals surface area contributed by atoms with Crippen LogP contribution in [0, 0.1) is 0 Å². The maximum atomic E-state index is 10.8. The summed E-state index contributed by atoms with van der Waals surface area (Å²) in [5, 5.41) is 8.89. The Kier molecular flexibility index (Phi) is 2.52. The van der Waals surface area contributed by atoms with E-state index in [1.807, 2.05) is 13.8 Å². The lowest BCUT2D eigenvalue weighted by Crippen LogP contribution is -2.06. The van der Waals surface area contributed by atoms with E-state index in [-0.39, 0.29) is 11.8 Å². The second-order valence-corrected chi connectivity index (χ2v) is 3.71. The molecule has 0 aliphatic rings. The van der Waals surface area contributed by atoms with Crippen LogP contribution in [-0.2, 0) is 0 Å². The summed E-state index contributed by atoms with van der Waals surface area (Å²) in [5.74, 6) is -0.310. The van der Waals surface area contributed by atoms with Gasteiger partial charge in [0.05, 0.1) is 12.3 Å². The Morgan fingerprint density at radius 2 is 2.31 bits per heavy atom. The molecule has 5 nitrogen and oxygen atoms in total. The molecule has 0 amide bonds. The van der Waals surface area contributed by atoms with Crippen molar-refractivity contribution in [3.63, 3.8) is 0 Å². The van der Waals surface area contributed by atoms with Crippen LogP contribution in [-0.4, -0.2) is 26.6 Å². The van der Waals surface area contributed by atoms with Gasteiger partial charge in [-0.2, -0.15) is 0 Å². The van der Waals surface area contributed by atoms with E-state index in [0.29, 0.717) is 11.4 Å². The molecule has 0 unspecified atom stereocenters. The van der Waals surface area contributed by atoms with Crippen molar-refractivity contribution in [1.29, 1.82) is 0 Å². The number of hydrogen-bond donors (Lipinski definition) is 1. The van der Waals surface area contributed by atoms with Gasteiger partial charge >= 0.3 is 5.97 Å². The number of rotatable bonds is 3. The molecule has 2 heterocycles. The first-order valence-corrected chi connectivity index (χ1v) is 4.95. The van der Waals surface area contributed by atoms with Crippen LogP contribution in [0.25, 0.3) is 5.65 Å². The fourth-order valence-electron chi connectivity index (χ4n) is 1.47. The third-order valence-corrected chi connectivity index (χ3v) is 2.08. The van der Waals surface area contributed by atoms with Crippen molar-refractivity contribution in [2.75, 3.05) is 0 Å². The minimum absolute atomic E-state index is 0.0800. The number of hydrogen-bond acceptors (Lipinski definition) is 3. The molecule has 16 heavy (non-hydrogen) atoms. The number of nitrogens with zero attached hydrogens (tertiary/aromatic N) is 2. The summed E-state index contributed by atoms with van der Waals surface area (Å²) in [5.41, 5.74) is 0.710. The highest BCUT2D eigenvalue weighted by Crippen LogP contribution is 2.16. The van der Waals surface area contributed by atoms with Crippen LogP contribution < -0.4 is 4.74 Å². The second-order valence-electron chi connectivity index (χ2n) is 3.71. The molecule has 2 rings (SSSR count). The van der Waals surface area contributed by atoms with Gasteiger partial charge in [-0.1, -0.05) is 0 Å². The second kappa shape index (κ2) is 3.84. The zero-order chi connectivity index (χ0) is 11.7. The maximum absolute atomic E-state index is 10.8. The van der Waals surface area contributed by atoms with Gasteiger partial charge in [-0.3, -0.25) is 4.40 Å². The Labute approximate surface area is 92.3 Å². The average molecular weight is 220 g/mol. The van der Waals surface area contributed by atoms with Gasteiger partial charge in [-0.05, 0) is 19.9 Å². The number of aromatic carboxylic acids is 1. The standard InChI is InChI=1S/C11H12N2O3/c1-7(2)16-8-3-4-13-9(11(14)15)6-12-10(13)5-8/h3-7H,1-2H3,(H,14,15). The first kappa shape index (κ1) is 10.5. The Balaban J connectivity index is 2.45. The van der Waals surface area contributed by atoms with Crippen LogP contribution in [0.5, 0.6) is 5.75 Å². The number of carbonyl (C=O) groups is 1. The van der Waals surface area contributed by atoms with Crippen molar-refractivity contribution in [2.24, 2.45) is 0 Å². The van der Waals surface area contributed by atoms with Gasteiger partial charge in [0.1, 0.15) is 11.4 Å². The van der Waals surface area contributed by atoms with Gasteiger partial charge in [-0.15, -0.1) is 0 Å². The van der Waals surface area contributed by atoms with Crippen LogP contribution in [0.1, 0.15) is 24.3 Å². The van der Waals surface area contributed by atoms with Crippen molar-refractivity contribution < 1.29 is 14.6 Å². The lowest BCUT2D eigenvalue weighted by Gasteiger charge is -2.09. The normalized spacial score (nSPS) is 10.9. The summed E-state index contributed by atoms with van der Waals surface area (Å²) in [6, 6.07) is 3.44. The summed E-state index contributed by atoms with van der Waals surface area (Å²) in [7, 11) is 0. The first-order valence-electron chi connectivity index (χ1n) is 4.95. The molecule has 0 radical (unpaired) electrons. The van der Waals surface area contributed by atoms with Gasteiger partial charge in [0.25, 0.3) is 0 Å². The molecule has 0 spiro atoms. The predicted molar refractivity (Wildman–Crippen MR) is 57.9 cm³/mol. The number of fused-ring (bicyclic) bond motifs is 1. The molecule has 2 aromatic rings. The molecule has 0 bridgehead atoms. The molecule has 5 heteroatoms. The predicted octanol–water partition coefficient (Wildman–Crippen LogP) is 1.82. The molecule has 0 aliphatic carbocycles. The van der Waals surface area contributed by atoms with Gasteiger partial charge in [0.2, 0.25) is 0 Å². The molecule has 0 fully saturated rings. The molecule has 0 atom stereocenters. The molecule has 0 saturated heterocycles. The van der Waals surface area contributed by atoms with Crippen LogP contribution in [0.4, 0.5) is 0 Å².